The van der Waals surface area contributed by atoms with Gasteiger partial charge in [-0.2, -0.15) is 13.2 Å². The van der Waals surface area contributed by atoms with E-state index in [1.54, 1.807) is 0 Å². The molecule has 3 rings (SSSR count). The smallest absolute Gasteiger partial charge is 0.325 e. The Bertz CT molecular complexity index is 714. The zero-order chi connectivity index (χ0) is 17.9. The summed E-state index contributed by atoms with van der Waals surface area (Å²) in [6, 6.07) is 14.1. The van der Waals surface area contributed by atoms with Crippen LogP contribution in [0.2, 0.25) is 0 Å². The second-order valence-corrected chi connectivity index (χ2v) is 6.18. The number of nitrogens with zero attached hydrogens (tertiary/aromatic N) is 1. The lowest BCUT2D eigenvalue weighted by atomic mass is 10.1. The Morgan fingerprint density at radius 2 is 1.76 bits per heavy atom. The predicted octanol–water partition coefficient (Wildman–Crippen LogP) is 4.31. The van der Waals surface area contributed by atoms with Crippen LogP contribution in [-0.4, -0.2) is 23.4 Å². The summed E-state index contributed by atoms with van der Waals surface area (Å²) in [5, 5.41) is 2.90. The number of hydrogen-bond acceptors (Lipinski definition) is 2. The normalized spacial score (nSPS) is 18.3. The molecule has 1 aliphatic rings. The Kier molecular flexibility index (Phi) is 5.08. The summed E-state index contributed by atoms with van der Waals surface area (Å²) in [6.07, 6.45) is -2.68. The van der Waals surface area contributed by atoms with Crippen molar-refractivity contribution in [2.24, 2.45) is 0 Å². The van der Waals surface area contributed by atoms with E-state index in [9.17, 15) is 18.0 Å². The molecular formula is C19H19F3N2O. The van der Waals surface area contributed by atoms with E-state index in [2.05, 4.69) is 5.32 Å². The molecule has 0 bridgehead atoms. The molecule has 3 nitrogen and oxygen atoms in total. The molecule has 0 aliphatic carbocycles. The lowest BCUT2D eigenvalue weighted by Crippen LogP contribution is -2.39. The highest BCUT2D eigenvalue weighted by Gasteiger charge is 2.32. The Morgan fingerprint density at radius 3 is 2.40 bits per heavy atom. The lowest BCUT2D eigenvalue weighted by Gasteiger charge is -2.24. The van der Waals surface area contributed by atoms with Crippen molar-refractivity contribution >= 4 is 11.6 Å². The second kappa shape index (κ2) is 7.27. The molecule has 1 aliphatic heterocycles. The predicted molar refractivity (Wildman–Crippen MR) is 89.9 cm³/mol. The number of carbonyl (C=O) groups excluding carboxylic acids is 1. The fourth-order valence-electron chi connectivity index (χ4n) is 3.09. The van der Waals surface area contributed by atoms with Crippen molar-refractivity contribution in [1.29, 1.82) is 0 Å². The van der Waals surface area contributed by atoms with Crippen molar-refractivity contribution in [3.63, 3.8) is 0 Å². The van der Waals surface area contributed by atoms with Crippen LogP contribution >= 0.6 is 0 Å². The molecule has 0 spiro atoms. The number of anilines is 1. The van der Waals surface area contributed by atoms with E-state index < -0.39 is 11.7 Å². The molecule has 2 aromatic rings. The number of benzene rings is 2. The number of likely N-dealkylation sites (tertiary alicyclic amines) is 1. The van der Waals surface area contributed by atoms with E-state index in [4.69, 9.17) is 0 Å². The standard InChI is InChI=1S/C19H19F3N2O/c20-19(21,22)15-10-8-14(9-11-15)13-24-12-4-7-17(24)18(25)23-16-5-2-1-3-6-16/h1-3,5-6,8-11,17H,4,7,12-13H2,(H,23,25)/t17-/m0/s1. The third kappa shape index (κ3) is 4.39. The highest BCUT2D eigenvalue weighted by atomic mass is 19.4. The first-order valence-corrected chi connectivity index (χ1v) is 8.19. The second-order valence-electron chi connectivity index (χ2n) is 6.18. The van der Waals surface area contributed by atoms with Crippen LogP contribution in [0.25, 0.3) is 0 Å². The van der Waals surface area contributed by atoms with Crippen LogP contribution in [0.5, 0.6) is 0 Å². The van der Waals surface area contributed by atoms with Gasteiger partial charge in [0.1, 0.15) is 0 Å². The largest absolute Gasteiger partial charge is 0.416 e. The highest BCUT2D eigenvalue weighted by molar-refractivity contribution is 5.94. The van der Waals surface area contributed by atoms with Crippen LogP contribution < -0.4 is 5.32 Å². The van der Waals surface area contributed by atoms with Gasteiger partial charge in [-0.3, -0.25) is 9.69 Å². The molecule has 0 saturated carbocycles. The average molecular weight is 348 g/mol. The topological polar surface area (TPSA) is 32.3 Å². The van der Waals surface area contributed by atoms with Gasteiger partial charge in [-0.1, -0.05) is 30.3 Å². The first-order valence-electron chi connectivity index (χ1n) is 8.19. The first kappa shape index (κ1) is 17.5. The van der Waals surface area contributed by atoms with E-state index in [1.165, 1.54) is 12.1 Å². The fourth-order valence-corrected chi connectivity index (χ4v) is 3.09. The lowest BCUT2D eigenvalue weighted by molar-refractivity contribution is -0.137. The summed E-state index contributed by atoms with van der Waals surface area (Å²) in [5.74, 6) is -0.0735. The van der Waals surface area contributed by atoms with Crippen LogP contribution in [0.4, 0.5) is 18.9 Å². The molecule has 1 atom stereocenters. The summed E-state index contributed by atoms with van der Waals surface area (Å²) >= 11 is 0. The van der Waals surface area contributed by atoms with Gasteiger partial charge in [0.15, 0.2) is 0 Å². The van der Waals surface area contributed by atoms with Crippen molar-refractivity contribution in [3.8, 4) is 0 Å². The van der Waals surface area contributed by atoms with Crippen LogP contribution in [0.1, 0.15) is 24.0 Å². The first-order chi connectivity index (χ1) is 11.9. The van der Waals surface area contributed by atoms with Gasteiger partial charge in [-0.15, -0.1) is 0 Å². The van der Waals surface area contributed by atoms with Gasteiger partial charge in [0.2, 0.25) is 5.91 Å². The number of alkyl halides is 3. The molecule has 0 aromatic heterocycles. The summed E-state index contributed by atoms with van der Waals surface area (Å²) in [5.41, 5.74) is 0.859. The summed E-state index contributed by atoms with van der Waals surface area (Å²) in [7, 11) is 0. The van der Waals surface area contributed by atoms with Gasteiger partial charge >= 0.3 is 6.18 Å². The monoisotopic (exact) mass is 348 g/mol. The maximum absolute atomic E-state index is 12.6. The molecule has 1 amide bonds. The van der Waals surface area contributed by atoms with Crippen molar-refractivity contribution < 1.29 is 18.0 Å². The highest BCUT2D eigenvalue weighted by Crippen LogP contribution is 2.29. The van der Waals surface area contributed by atoms with Gasteiger partial charge < -0.3 is 5.32 Å². The quantitative estimate of drug-likeness (QED) is 0.893. The number of amides is 1. The molecule has 1 saturated heterocycles. The van der Waals surface area contributed by atoms with Gasteiger partial charge in [0, 0.05) is 12.2 Å². The molecular weight excluding hydrogens is 329 g/mol. The molecule has 6 heteroatoms. The van der Waals surface area contributed by atoms with E-state index in [1.807, 2.05) is 35.2 Å². The molecule has 1 heterocycles. The molecule has 132 valence electrons. The summed E-state index contributed by atoms with van der Waals surface area (Å²) in [4.78, 5) is 14.5. The van der Waals surface area contributed by atoms with Crippen molar-refractivity contribution in [3.05, 3.63) is 65.7 Å². The summed E-state index contributed by atoms with van der Waals surface area (Å²) < 4.78 is 37.9. The maximum Gasteiger partial charge on any atom is 0.416 e. The zero-order valence-corrected chi connectivity index (χ0v) is 13.6. The van der Waals surface area contributed by atoms with Crippen molar-refractivity contribution in [2.75, 3.05) is 11.9 Å². The Labute approximate surface area is 144 Å². The van der Waals surface area contributed by atoms with Crippen LogP contribution in [0.3, 0.4) is 0 Å². The Morgan fingerprint density at radius 1 is 1.08 bits per heavy atom. The van der Waals surface area contributed by atoms with Crippen LogP contribution in [0, 0.1) is 0 Å². The minimum atomic E-state index is -4.33. The Balaban J connectivity index is 1.64. The average Bonchev–Trinajstić information content (AvgIpc) is 3.04. The minimum Gasteiger partial charge on any atom is -0.325 e. The van der Waals surface area contributed by atoms with E-state index in [0.717, 1.165) is 42.8 Å². The number of hydrogen-bond donors (Lipinski definition) is 1. The number of carbonyl (C=O) groups is 1. The Hall–Kier alpha value is -2.34. The van der Waals surface area contributed by atoms with Crippen LogP contribution in [0.15, 0.2) is 54.6 Å². The SMILES string of the molecule is O=C(Nc1ccccc1)[C@@H]1CCCN1Cc1ccc(C(F)(F)F)cc1. The fraction of sp³-hybridized carbons (Fsp3) is 0.316. The van der Waals surface area contributed by atoms with Crippen LogP contribution in [-0.2, 0) is 17.5 Å². The van der Waals surface area contributed by atoms with E-state index >= 15 is 0 Å². The maximum atomic E-state index is 12.6. The summed E-state index contributed by atoms with van der Waals surface area (Å²) in [6.45, 7) is 1.22. The van der Waals surface area contributed by atoms with Gasteiger partial charge in [0.25, 0.3) is 0 Å². The number of nitrogens with one attached hydrogen (secondary N) is 1. The van der Waals surface area contributed by atoms with E-state index in [-0.39, 0.29) is 11.9 Å². The number of para-hydroxylation sites is 1. The van der Waals surface area contributed by atoms with Gasteiger partial charge in [-0.25, -0.2) is 0 Å². The number of halogens is 3. The van der Waals surface area contributed by atoms with Gasteiger partial charge in [-0.05, 0) is 49.2 Å². The number of rotatable bonds is 4. The minimum absolute atomic E-state index is 0.0735. The van der Waals surface area contributed by atoms with Crippen molar-refractivity contribution in [2.45, 2.75) is 31.6 Å². The molecule has 25 heavy (non-hydrogen) atoms. The zero-order valence-electron chi connectivity index (χ0n) is 13.6. The van der Waals surface area contributed by atoms with Crippen molar-refractivity contribution in [1.82, 2.24) is 4.90 Å². The molecule has 1 fully saturated rings. The third-order valence-electron chi connectivity index (χ3n) is 4.37. The molecule has 1 N–H and O–H groups in total. The molecule has 0 radical (unpaired) electrons. The van der Waals surface area contributed by atoms with E-state index in [0.29, 0.717) is 6.54 Å². The third-order valence-corrected chi connectivity index (χ3v) is 4.37. The molecule has 0 unspecified atom stereocenters. The molecule has 2 aromatic carbocycles. The van der Waals surface area contributed by atoms with Gasteiger partial charge in [0.05, 0.1) is 11.6 Å².